The van der Waals surface area contributed by atoms with Gasteiger partial charge in [-0.25, -0.2) is 0 Å². The normalized spacial score (nSPS) is 9.83. The highest BCUT2D eigenvalue weighted by Gasteiger charge is 1.90. The van der Waals surface area contributed by atoms with Crippen molar-refractivity contribution in [3.8, 4) is 0 Å². The van der Waals surface area contributed by atoms with Crippen LogP contribution in [-0.4, -0.2) is 25.5 Å². The molecule has 0 aliphatic carbocycles. The molecule has 0 spiro atoms. The summed E-state index contributed by atoms with van der Waals surface area (Å²) in [6.45, 7) is 8.07. The van der Waals surface area contributed by atoms with Crippen LogP contribution in [0.1, 0.15) is 26.2 Å². The zero-order valence-corrected chi connectivity index (χ0v) is 7.86. The molecular formula is C9H19N2O. The Morgan fingerprint density at radius 2 is 1.92 bits per heavy atom. The Morgan fingerprint density at radius 1 is 1.25 bits per heavy atom. The van der Waals surface area contributed by atoms with E-state index in [1.807, 2.05) is 0 Å². The first-order chi connectivity index (χ1) is 5.77. The topological polar surface area (TPSA) is 41.1 Å². The van der Waals surface area contributed by atoms with Crippen LogP contribution in [0.15, 0.2) is 0 Å². The molecule has 0 fully saturated rings. The lowest BCUT2D eigenvalue weighted by atomic mass is 10.3. The standard InChI is InChI=1S/C9H19N2O/c1-3-6-10-7-4-5-8-11-9(2)12/h10H,1,3-8H2,2H3,(H,11,12). The van der Waals surface area contributed by atoms with Crippen LogP contribution < -0.4 is 10.6 Å². The third kappa shape index (κ3) is 9.43. The fraction of sp³-hybridized carbons (Fsp3) is 0.778. The highest BCUT2D eigenvalue weighted by Crippen LogP contribution is 1.84. The number of hydrogen-bond donors (Lipinski definition) is 2. The van der Waals surface area contributed by atoms with Crippen LogP contribution in [0.3, 0.4) is 0 Å². The Balaban J connectivity index is 2.86. The summed E-state index contributed by atoms with van der Waals surface area (Å²) in [5.74, 6) is 0.0562. The minimum atomic E-state index is 0.0562. The monoisotopic (exact) mass is 171 g/mol. The summed E-state index contributed by atoms with van der Waals surface area (Å²) < 4.78 is 0. The number of unbranched alkanes of at least 4 members (excludes halogenated alkanes) is 1. The van der Waals surface area contributed by atoms with Gasteiger partial charge in [-0.3, -0.25) is 4.79 Å². The number of nitrogens with one attached hydrogen (secondary N) is 2. The Morgan fingerprint density at radius 3 is 2.50 bits per heavy atom. The average molecular weight is 171 g/mol. The summed E-state index contributed by atoms with van der Waals surface area (Å²) in [5.41, 5.74) is 0. The van der Waals surface area contributed by atoms with E-state index in [0.717, 1.165) is 38.9 Å². The van der Waals surface area contributed by atoms with Crippen molar-refractivity contribution in [1.82, 2.24) is 10.6 Å². The molecular weight excluding hydrogens is 152 g/mol. The van der Waals surface area contributed by atoms with Crippen LogP contribution in [0.2, 0.25) is 0 Å². The van der Waals surface area contributed by atoms with E-state index in [4.69, 9.17) is 0 Å². The molecule has 0 rings (SSSR count). The largest absolute Gasteiger partial charge is 0.356 e. The van der Waals surface area contributed by atoms with Crippen molar-refractivity contribution in [2.75, 3.05) is 19.6 Å². The predicted molar refractivity (Wildman–Crippen MR) is 50.8 cm³/mol. The van der Waals surface area contributed by atoms with Gasteiger partial charge in [0.05, 0.1) is 0 Å². The molecule has 0 aromatic rings. The van der Waals surface area contributed by atoms with Crippen LogP contribution in [0, 0.1) is 6.92 Å². The van der Waals surface area contributed by atoms with Gasteiger partial charge in [0.2, 0.25) is 5.91 Å². The van der Waals surface area contributed by atoms with Crippen LogP contribution in [-0.2, 0) is 4.79 Å². The third-order valence-corrected chi connectivity index (χ3v) is 1.51. The summed E-state index contributed by atoms with van der Waals surface area (Å²) in [6, 6.07) is 0. The Hall–Kier alpha value is -0.570. The van der Waals surface area contributed by atoms with Crippen LogP contribution >= 0.6 is 0 Å². The van der Waals surface area contributed by atoms with Crippen molar-refractivity contribution in [2.24, 2.45) is 0 Å². The first-order valence-electron chi connectivity index (χ1n) is 4.51. The van der Waals surface area contributed by atoms with E-state index in [1.54, 1.807) is 6.92 Å². The van der Waals surface area contributed by atoms with Gasteiger partial charge in [0.1, 0.15) is 0 Å². The molecule has 0 atom stereocenters. The number of rotatable bonds is 7. The summed E-state index contributed by atoms with van der Waals surface area (Å²) in [5, 5.41) is 6.01. The molecule has 71 valence electrons. The molecule has 12 heavy (non-hydrogen) atoms. The maximum Gasteiger partial charge on any atom is 0.216 e. The third-order valence-electron chi connectivity index (χ3n) is 1.51. The zero-order valence-electron chi connectivity index (χ0n) is 7.86. The molecule has 0 unspecified atom stereocenters. The van der Waals surface area contributed by atoms with Crippen molar-refractivity contribution in [2.45, 2.75) is 26.2 Å². The SMILES string of the molecule is [CH2]CCNCCCCNC(C)=O. The quantitative estimate of drug-likeness (QED) is 0.554. The second-order valence-electron chi connectivity index (χ2n) is 2.79. The van der Waals surface area contributed by atoms with Crippen molar-refractivity contribution < 1.29 is 4.79 Å². The lowest BCUT2D eigenvalue weighted by Gasteiger charge is -2.03. The minimum absolute atomic E-state index is 0.0562. The molecule has 0 aliphatic rings. The Bertz CT molecular complexity index is 115. The van der Waals surface area contributed by atoms with Crippen LogP contribution in [0.4, 0.5) is 0 Å². The molecule has 2 N–H and O–H groups in total. The summed E-state index contributed by atoms with van der Waals surface area (Å²) >= 11 is 0. The smallest absolute Gasteiger partial charge is 0.216 e. The van der Waals surface area contributed by atoms with Gasteiger partial charge in [-0.05, 0) is 32.4 Å². The van der Waals surface area contributed by atoms with Gasteiger partial charge in [0.25, 0.3) is 0 Å². The van der Waals surface area contributed by atoms with Gasteiger partial charge in [0.15, 0.2) is 0 Å². The number of carbonyl (C=O) groups is 1. The maximum atomic E-state index is 10.4. The first kappa shape index (κ1) is 11.4. The summed E-state index contributed by atoms with van der Waals surface area (Å²) in [4.78, 5) is 10.4. The molecule has 1 amide bonds. The van der Waals surface area contributed by atoms with E-state index in [1.165, 1.54) is 0 Å². The summed E-state index contributed by atoms with van der Waals surface area (Å²) in [7, 11) is 0. The Labute approximate surface area is 74.9 Å². The van der Waals surface area contributed by atoms with Crippen LogP contribution in [0.5, 0.6) is 0 Å². The highest BCUT2D eigenvalue weighted by atomic mass is 16.1. The van der Waals surface area contributed by atoms with Crippen molar-refractivity contribution in [3.05, 3.63) is 6.92 Å². The highest BCUT2D eigenvalue weighted by molar-refractivity contribution is 5.72. The molecule has 0 saturated heterocycles. The van der Waals surface area contributed by atoms with Crippen molar-refractivity contribution in [1.29, 1.82) is 0 Å². The molecule has 3 nitrogen and oxygen atoms in total. The molecule has 0 bridgehead atoms. The molecule has 0 aromatic heterocycles. The number of hydrogen-bond acceptors (Lipinski definition) is 2. The molecule has 3 heteroatoms. The van der Waals surface area contributed by atoms with E-state index >= 15 is 0 Å². The second-order valence-corrected chi connectivity index (χ2v) is 2.79. The number of amides is 1. The van der Waals surface area contributed by atoms with E-state index in [2.05, 4.69) is 17.6 Å². The minimum Gasteiger partial charge on any atom is -0.356 e. The van der Waals surface area contributed by atoms with E-state index < -0.39 is 0 Å². The fourth-order valence-electron chi connectivity index (χ4n) is 0.889. The molecule has 1 radical (unpaired) electrons. The Kier molecular flexibility index (Phi) is 8.12. The summed E-state index contributed by atoms with van der Waals surface area (Å²) in [6.07, 6.45) is 3.09. The molecule has 0 saturated carbocycles. The van der Waals surface area contributed by atoms with E-state index in [9.17, 15) is 4.79 Å². The fourth-order valence-corrected chi connectivity index (χ4v) is 0.889. The predicted octanol–water partition coefficient (Wildman–Crippen LogP) is 0.716. The van der Waals surface area contributed by atoms with Crippen molar-refractivity contribution in [3.63, 3.8) is 0 Å². The average Bonchev–Trinajstić information content (AvgIpc) is 2.02. The van der Waals surface area contributed by atoms with Gasteiger partial charge in [-0.1, -0.05) is 6.92 Å². The lowest BCUT2D eigenvalue weighted by Crippen LogP contribution is -2.22. The lowest BCUT2D eigenvalue weighted by molar-refractivity contribution is -0.118. The van der Waals surface area contributed by atoms with E-state index in [0.29, 0.717) is 0 Å². The van der Waals surface area contributed by atoms with Gasteiger partial charge < -0.3 is 10.6 Å². The van der Waals surface area contributed by atoms with Gasteiger partial charge in [0, 0.05) is 13.5 Å². The maximum absolute atomic E-state index is 10.4. The van der Waals surface area contributed by atoms with Gasteiger partial charge in [-0.2, -0.15) is 0 Å². The van der Waals surface area contributed by atoms with E-state index in [-0.39, 0.29) is 5.91 Å². The second kappa shape index (κ2) is 8.53. The molecule has 0 heterocycles. The first-order valence-corrected chi connectivity index (χ1v) is 4.51. The van der Waals surface area contributed by atoms with Crippen LogP contribution in [0.25, 0.3) is 0 Å². The van der Waals surface area contributed by atoms with Crippen molar-refractivity contribution >= 4 is 5.91 Å². The molecule has 0 aromatic carbocycles. The zero-order chi connectivity index (χ0) is 9.23. The molecule has 0 aliphatic heterocycles. The van der Waals surface area contributed by atoms with Gasteiger partial charge in [-0.15, -0.1) is 0 Å². The number of carbonyl (C=O) groups excluding carboxylic acids is 1. The van der Waals surface area contributed by atoms with Gasteiger partial charge >= 0.3 is 0 Å².